The number of imide groups is 1. The Labute approximate surface area is 223 Å². The number of carbonyl (C=O) groups is 2. The largest absolute Gasteiger partial charge is 0.325 e. The van der Waals surface area contributed by atoms with E-state index < -0.39 is 11.8 Å². The zero-order valence-electron chi connectivity index (χ0n) is 21.1. The number of imidazole rings is 1. The highest BCUT2D eigenvalue weighted by atomic mass is 32.1. The van der Waals surface area contributed by atoms with Crippen LogP contribution in [-0.4, -0.2) is 37.4 Å². The molecule has 38 heavy (non-hydrogen) atoms. The van der Waals surface area contributed by atoms with Crippen LogP contribution in [0.5, 0.6) is 0 Å². The summed E-state index contributed by atoms with van der Waals surface area (Å²) in [7, 11) is 1.99. The van der Waals surface area contributed by atoms with Crippen molar-refractivity contribution in [3.05, 3.63) is 89.1 Å². The van der Waals surface area contributed by atoms with Crippen LogP contribution in [0, 0.1) is 11.3 Å². The van der Waals surface area contributed by atoms with Gasteiger partial charge in [0.05, 0.1) is 16.1 Å². The first-order chi connectivity index (χ1) is 18.4. The summed E-state index contributed by atoms with van der Waals surface area (Å²) in [6.07, 6.45) is 1.76. The Balaban J connectivity index is 1.59. The number of carbonyl (C=O) groups excluding carboxylic acids is 2. The lowest BCUT2D eigenvalue weighted by atomic mass is 9.94. The average molecular weight is 518 g/mol. The highest BCUT2D eigenvalue weighted by Crippen LogP contribution is 2.36. The van der Waals surface area contributed by atoms with E-state index in [1.807, 2.05) is 66.2 Å². The third kappa shape index (κ3) is 3.51. The summed E-state index contributed by atoms with van der Waals surface area (Å²) < 4.78 is 5.28. The van der Waals surface area contributed by atoms with E-state index >= 15 is 0 Å². The molecular formula is C30H23N5O2S. The number of likely N-dealkylation sites (N-methyl/N-ethyl adjacent to an activating group) is 1. The molecule has 186 valence electrons. The molecular weight excluding hydrogens is 494 g/mol. The van der Waals surface area contributed by atoms with Crippen LogP contribution < -0.4 is 0 Å². The van der Waals surface area contributed by atoms with Crippen molar-refractivity contribution >= 4 is 50.5 Å². The van der Waals surface area contributed by atoms with Gasteiger partial charge in [-0.25, -0.2) is 4.98 Å². The molecule has 0 N–H and O–H groups in total. The highest BCUT2D eigenvalue weighted by Gasteiger charge is 2.34. The molecule has 0 unspecified atom stereocenters. The Morgan fingerprint density at radius 1 is 1.03 bits per heavy atom. The predicted molar refractivity (Wildman–Crippen MR) is 150 cm³/mol. The first-order valence-corrected chi connectivity index (χ1v) is 13.1. The van der Waals surface area contributed by atoms with Crippen molar-refractivity contribution in [2.45, 2.75) is 13.8 Å². The van der Waals surface area contributed by atoms with Crippen molar-refractivity contribution in [2.75, 3.05) is 6.54 Å². The molecule has 0 saturated carbocycles. The number of nitriles is 1. The molecule has 2 aromatic carbocycles. The average Bonchev–Trinajstić information content (AvgIpc) is 3.60. The van der Waals surface area contributed by atoms with Gasteiger partial charge < -0.3 is 4.57 Å². The molecule has 0 saturated heterocycles. The molecule has 0 bridgehead atoms. The number of hydrogen-bond acceptors (Lipinski definition) is 5. The van der Waals surface area contributed by atoms with Gasteiger partial charge in [-0.2, -0.15) is 5.26 Å². The lowest BCUT2D eigenvalue weighted by Gasteiger charge is -2.26. The first kappa shape index (κ1) is 23.6. The number of benzene rings is 2. The van der Waals surface area contributed by atoms with E-state index in [4.69, 9.17) is 4.98 Å². The van der Waals surface area contributed by atoms with Crippen LogP contribution in [0.2, 0.25) is 0 Å². The molecule has 1 aliphatic rings. The molecule has 0 atom stereocenters. The van der Waals surface area contributed by atoms with E-state index in [1.54, 1.807) is 31.3 Å². The smallest absolute Gasteiger partial charge is 0.271 e. The van der Waals surface area contributed by atoms with Crippen LogP contribution in [0.3, 0.4) is 0 Å². The fraction of sp³-hybridized carbons (Fsp3) is 0.133. The monoisotopic (exact) mass is 517 g/mol. The third-order valence-corrected chi connectivity index (χ3v) is 8.08. The van der Waals surface area contributed by atoms with E-state index in [-0.39, 0.29) is 12.1 Å². The van der Waals surface area contributed by atoms with Gasteiger partial charge >= 0.3 is 0 Å². The van der Waals surface area contributed by atoms with E-state index in [2.05, 4.69) is 22.8 Å². The predicted octanol–water partition coefficient (Wildman–Crippen LogP) is 5.86. The van der Waals surface area contributed by atoms with Gasteiger partial charge in [-0.05, 0) is 61.2 Å². The number of rotatable bonds is 4. The first-order valence-electron chi connectivity index (χ1n) is 12.2. The standard InChI is InChI=1S/C30H23N5O2S/c1-4-34-29(36)22(18(2)23(17-31)30(34)37)15-21-16-24-27(35(21)20-11-6-5-7-12-20)32-28(33(24)3)26-14-19-10-8-9-13-25(19)38-26/h5-16H,4H2,1-3H3/b22-15-. The number of aryl methyl sites for hydroxylation is 1. The number of amides is 2. The van der Waals surface area contributed by atoms with Crippen molar-refractivity contribution in [2.24, 2.45) is 7.05 Å². The van der Waals surface area contributed by atoms with Crippen molar-refractivity contribution in [1.82, 2.24) is 19.0 Å². The number of nitrogens with zero attached hydrogens (tertiary/aromatic N) is 5. The van der Waals surface area contributed by atoms with Gasteiger partial charge in [0, 0.05) is 29.6 Å². The van der Waals surface area contributed by atoms with Crippen molar-refractivity contribution in [3.63, 3.8) is 0 Å². The summed E-state index contributed by atoms with van der Waals surface area (Å²) in [5.41, 5.74) is 3.99. The Morgan fingerprint density at radius 2 is 1.76 bits per heavy atom. The van der Waals surface area contributed by atoms with Crippen LogP contribution in [0.15, 0.2) is 83.4 Å². The normalized spacial score (nSPS) is 15.3. The zero-order valence-corrected chi connectivity index (χ0v) is 21.9. The van der Waals surface area contributed by atoms with Gasteiger partial charge in [0.15, 0.2) is 11.5 Å². The van der Waals surface area contributed by atoms with E-state index in [0.29, 0.717) is 11.1 Å². The lowest BCUT2D eigenvalue weighted by molar-refractivity contribution is -0.140. The van der Waals surface area contributed by atoms with Crippen molar-refractivity contribution < 1.29 is 9.59 Å². The fourth-order valence-corrected chi connectivity index (χ4v) is 6.07. The molecule has 4 heterocycles. The van der Waals surface area contributed by atoms with Crippen molar-refractivity contribution in [3.8, 4) is 22.5 Å². The Kier molecular flexibility index (Phi) is 5.59. The molecule has 0 fully saturated rings. The molecule has 0 spiro atoms. The Morgan fingerprint density at radius 3 is 2.47 bits per heavy atom. The molecule has 6 rings (SSSR count). The second kappa shape index (κ2) is 8.98. The molecule has 0 radical (unpaired) electrons. The molecule has 2 amide bonds. The summed E-state index contributed by atoms with van der Waals surface area (Å²) >= 11 is 1.70. The summed E-state index contributed by atoms with van der Waals surface area (Å²) in [4.78, 5) is 33.2. The van der Waals surface area contributed by atoms with Gasteiger partial charge in [-0.15, -0.1) is 11.3 Å². The quantitative estimate of drug-likeness (QED) is 0.221. The second-order valence-electron chi connectivity index (χ2n) is 9.12. The number of thiophene rings is 1. The maximum Gasteiger partial charge on any atom is 0.271 e. The SMILES string of the molecule is CCN1C(=O)C(C#N)=C(C)/C(=C/c2cc3c(nc(-c4cc5ccccc5s4)n3C)n2-c2ccccc2)C1=O. The maximum atomic E-state index is 13.3. The van der Waals surface area contributed by atoms with Gasteiger partial charge in [0.25, 0.3) is 11.8 Å². The summed E-state index contributed by atoms with van der Waals surface area (Å²) in [6, 6.07) is 24.3. The minimum Gasteiger partial charge on any atom is -0.325 e. The number of para-hydroxylation sites is 1. The minimum atomic E-state index is -0.548. The van der Waals surface area contributed by atoms with Crippen LogP contribution in [0.25, 0.3) is 43.7 Å². The summed E-state index contributed by atoms with van der Waals surface area (Å²) in [5.74, 6) is -0.0925. The molecule has 1 aliphatic heterocycles. The number of fused-ring (bicyclic) bond motifs is 2. The van der Waals surface area contributed by atoms with Crippen LogP contribution in [0.1, 0.15) is 19.5 Å². The fourth-order valence-electron chi connectivity index (χ4n) is 4.98. The lowest BCUT2D eigenvalue weighted by Crippen LogP contribution is -2.42. The molecule has 5 aromatic rings. The maximum absolute atomic E-state index is 13.3. The van der Waals surface area contributed by atoms with E-state index in [9.17, 15) is 14.9 Å². The molecule has 8 heteroatoms. The van der Waals surface area contributed by atoms with Gasteiger partial charge in [-0.3, -0.25) is 19.1 Å². The molecule has 0 aliphatic carbocycles. The Bertz CT molecular complexity index is 1850. The van der Waals surface area contributed by atoms with Crippen LogP contribution in [0.4, 0.5) is 0 Å². The zero-order chi connectivity index (χ0) is 26.6. The summed E-state index contributed by atoms with van der Waals surface area (Å²) in [5, 5.41) is 10.8. The second-order valence-corrected chi connectivity index (χ2v) is 10.2. The van der Waals surface area contributed by atoms with Gasteiger partial charge in [-0.1, -0.05) is 36.4 Å². The van der Waals surface area contributed by atoms with Crippen LogP contribution >= 0.6 is 11.3 Å². The molecule has 7 nitrogen and oxygen atoms in total. The van der Waals surface area contributed by atoms with Gasteiger partial charge in [0.2, 0.25) is 0 Å². The molecule has 3 aromatic heterocycles. The van der Waals surface area contributed by atoms with Gasteiger partial charge in [0.1, 0.15) is 11.6 Å². The van der Waals surface area contributed by atoms with Crippen molar-refractivity contribution in [1.29, 1.82) is 5.26 Å². The van der Waals surface area contributed by atoms with E-state index in [0.717, 1.165) is 38.1 Å². The van der Waals surface area contributed by atoms with E-state index in [1.165, 1.54) is 10.1 Å². The van der Waals surface area contributed by atoms with Crippen LogP contribution in [-0.2, 0) is 16.6 Å². The topological polar surface area (TPSA) is 83.9 Å². The highest BCUT2D eigenvalue weighted by molar-refractivity contribution is 7.22. The summed E-state index contributed by atoms with van der Waals surface area (Å²) in [6.45, 7) is 3.57. The Hall–Kier alpha value is -4.74. The number of hydrogen-bond donors (Lipinski definition) is 0. The minimum absolute atomic E-state index is 0.00903. The third-order valence-electron chi connectivity index (χ3n) is 6.97. The number of aromatic nitrogens is 3.